The van der Waals surface area contributed by atoms with Crippen molar-refractivity contribution in [2.75, 3.05) is 6.61 Å². The molecule has 0 amide bonds. The van der Waals surface area contributed by atoms with E-state index in [2.05, 4.69) is 15.0 Å². The van der Waals surface area contributed by atoms with Gasteiger partial charge in [0.2, 0.25) is 0 Å². The van der Waals surface area contributed by atoms with Gasteiger partial charge in [-0.3, -0.25) is 4.98 Å². The zero-order valence-electron chi connectivity index (χ0n) is 11.0. The maximum Gasteiger partial charge on any atom is 0.386 e. The van der Waals surface area contributed by atoms with Crippen LogP contribution in [0.25, 0.3) is 10.9 Å². The molecule has 9 heteroatoms. The van der Waals surface area contributed by atoms with Crippen molar-refractivity contribution in [1.29, 1.82) is 0 Å². The van der Waals surface area contributed by atoms with Gasteiger partial charge >= 0.3 is 5.97 Å². The average molecular weight is 363 g/mol. The molecule has 2 N–H and O–H groups in total. The summed E-state index contributed by atoms with van der Waals surface area (Å²) in [5, 5.41) is 4.25. The average Bonchev–Trinajstić information content (AvgIpc) is 2.49. The van der Waals surface area contributed by atoms with E-state index in [9.17, 15) is 4.79 Å². The molecule has 2 aromatic rings. The summed E-state index contributed by atoms with van der Waals surface area (Å²) in [4.78, 5) is 19.8. The highest BCUT2D eigenvalue weighted by Crippen LogP contribution is 2.27. The number of para-hydroxylation sites is 1. The summed E-state index contributed by atoms with van der Waals surface area (Å²) in [5.41, 5.74) is 6.23. The number of carbonyl (C=O) groups is 1. The van der Waals surface area contributed by atoms with Crippen LogP contribution in [-0.2, 0) is 9.63 Å². The first-order valence-electron chi connectivity index (χ1n) is 5.95. The van der Waals surface area contributed by atoms with Crippen molar-refractivity contribution < 1.29 is 14.4 Å². The van der Waals surface area contributed by atoms with Gasteiger partial charge in [0.1, 0.15) is 17.9 Å². The molecule has 0 radical (unpaired) electrons. The molecule has 0 aliphatic rings. The van der Waals surface area contributed by atoms with E-state index in [0.29, 0.717) is 11.3 Å². The molecule has 0 fully saturated rings. The van der Waals surface area contributed by atoms with Crippen LogP contribution in [0, 0.1) is 0 Å². The highest BCUT2D eigenvalue weighted by Gasteiger charge is 2.33. The second-order valence-electron chi connectivity index (χ2n) is 4.08. The molecule has 0 bridgehead atoms. The van der Waals surface area contributed by atoms with Gasteiger partial charge in [-0.1, -0.05) is 58.2 Å². The maximum atomic E-state index is 11.2. The van der Waals surface area contributed by atoms with E-state index in [1.165, 1.54) is 0 Å². The Bertz CT molecular complexity index is 711. The Labute approximate surface area is 140 Å². The van der Waals surface area contributed by atoms with Crippen molar-refractivity contribution in [2.45, 2.75) is 3.79 Å². The lowest BCUT2D eigenvalue weighted by atomic mass is 10.2. The molecular formula is C13H10Cl3N3O3. The van der Waals surface area contributed by atoms with Gasteiger partial charge in [0, 0.05) is 11.6 Å². The van der Waals surface area contributed by atoms with Crippen LogP contribution in [0.1, 0.15) is 0 Å². The van der Waals surface area contributed by atoms with E-state index in [1.807, 2.05) is 24.3 Å². The molecule has 116 valence electrons. The number of halogens is 3. The number of nitrogens with two attached hydrogens (primary N) is 1. The van der Waals surface area contributed by atoms with Gasteiger partial charge < -0.3 is 15.3 Å². The van der Waals surface area contributed by atoms with Gasteiger partial charge in [-0.25, -0.2) is 4.79 Å². The van der Waals surface area contributed by atoms with Crippen LogP contribution in [0.3, 0.4) is 0 Å². The molecule has 1 heterocycles. The number of hydrogen-bond acceptors (Lipinski definition) is 5. The Morgan fingerprint density at radius 1 is 1.27 bits per heavy atom. The van der Waals surface area contributed by atoms with Crippen molar-refractivity contribution in [3.05, 3.63) is 36.5 Å². The molecule has 0 spiro atoms. The first-order chi connectivity index (χ1) is 10.4. The van der Waals surface area contributed by atoms with E-state index >= 15 is 0 Å². The lowest BCUT2D eigenvalue weighted by Crippen LogP contribution is -2.25. The summed E-state index contributed by atoms with van der Waals surface area (Å²) in [6.45, 7) is -0.122. The molecule has 0 saturated carbocycles. The molecule has 0 aliphatic heterocycles. The minimum Gasteiger partial charge on any atom is -0.483 e. The number of aromatic nitrogens is 1. The van der Waals surface area contributed by atoms with Crippen molar-refractivity contribution in [2.24, 2.45) is 10.9 Å². The minimum atomic E-state index is -2.22. The van der Waals surface area contributed by atoms with Crippen LogP contribution in [0.4, 0.5) is 0 Å². The monoisotopic (exact) mass is 361 g/mol. The van der Waals surface area contributed by atoms with E-state index < -0.39 is 9.76 Å². The van der Waals surface area contributed by atoms with E-state index in [0.717, 1.165) is 5.39 Å². The first-order valence-corrected chi connectivity index (χ1v) is 7.08. The van der Waals surface area contributed by atoms with E-state index in [4.69, 9.17) is 45.3 Å². The smallest absolute Gasteiger partial charge is 0.386 e. The molecule has 22 heavy (non-hydrogen) atoms. The third kappa shape index (κ3) is 4.37. The van der Waals surface area contributed by atoms with Crippen molar-refractivity contribution in [1.82, 2.24) is 4.98 Å². The Hall–Kier alpha value is -1.76. The largest absolute Gasteiger partial charge is 0.483 e. The number of rotatable bonds is 4. The van der Waals surface area contributed by atoms with Crippen LogP contribution >= 0.6 is 34.8 Å². The Kier molecular flexibility index (Phi) is 5.28. The Balaban J connectivity index is 2.01. The summed E-state index contributed by atoms with van der Waals surface area (Å²) in [6.07, 6.45) is 1.65. The Morgan fingerprint density at radius 3 is 2.73 bits per heavy atom. The van der Waals surface area contributed by atoms with Gasteiger partial charge in [-0.05, 0) is 12.1 Å². The Morgan fingerprint density at radius 2 is 2.00 bits per heavy atom. The van der Waals surface area contributed by atoms with E-state index in [-0.39, 0.29) is 12.4 Å². The molecule has 1 aromatic heterocycles. The highest BCUT2D eigenvalue weighted by atomic mass is 35.6. The molecule has 2 rings (SSSR count). The number of benzene rings is 1. The molecular weight excluding hydrogens is 353 g/mol. The van der Waals surface area contributed by atoms with Gasteiger partial charge in [0.15, 0.2) is 5.84 Å². The quantitative estimate of drug-likeness (QED) is 0.297. The van der Waals surface area contributed by atoms with Gasteiger partial charge in [-0.2, -0.15) is 0 Å². The standard InChI is InChI=1S/C13H10Cl3N3O3/c14-13(15,16)12(20)22-19-10(17)7-21-9-5-1-3-8-4-2-6-18-11(8)9/h1-6H,7H2,(H2,17,19). The van der Waals surface area contributed by atoms with E-state index in [1.54, 1.807) is 12.3 Å². The number of ether oxygens (including phenoxy) is 1. The van der Waals surface area contributed by atoms with Crippen LogP contribution < -0.4 is 10.5 Å². The fourth-order valence-corrected chi connectivity index (χ4v) is 1.63. The van der Waals surface area contributed by atoms with Crippen molar-refractivity contribution >= 4 is 57.5 Å². The molecule has 6 nitrogen and oxygen atoms in total. The van der Waals surface area contributed by atoms with Gasteiger partial charge in [-0.15, -0.1) is 0 Å². The SMILES string of the molecule is NC(COc1cccc2cccnc12)=NOC(=O)C(Cl)(Cl)Cl. The van der Waals surface area contributed by atoms with Crippen LogP contribution in [0.2, 0.25) is 0 Å². The third-order valence-corrected chi connectivity index (χ3v) is 2.91. The molecule has 1 aromatic carbocycles. The number of carbonyl (C=O) groups excluding carboxylic acids is 1. The number of oxime groups is 1. The van der Waals surface area contributed by atoms with Crippen LogP contribution in [0.5, 0.6) is 5.75 Å². The predicted octanol–water partition coefficient (Wildman–Crippen LogP) is 2.80. The summed E-state index contributed by atoms with van der Waals surface area (Å²) < 4.78 is 3.27. The van der Waals surface area contributed by atoms with Gasteiger partial charge in [0.25, 0.3) is 3.79 Å². The zero-order chi connectivity index (χ0) is 16.2. The lowest BCUT2D eigenvalue weighted by Gasteiger charge is -2.09. The number of amidine groups is 1. The fourth-order valence-electron chi connectivity index (χ4n) is 1.52. The predicted molar refractivity (Wildman–Crippen MR) is 85.2 cm³/mol. The second-order valence-corrected chi connectivity index (χ2v) is 6.36. The summed E-state index contributed by atoms with van der Waals surface area (Å²) in [7, 11) is 0. The number of fused-ring (bicyclic) bond motifs is 1. The van der Waals surface area contributed by atoms with Crippen LogP contribution in [0.15, 0.2) is 41.7 Å². The third-order valence-electron chi connectivity index (χ3n) is 2.45. The lowest BCUT2D eigenvalue weighted by molar-refractivity contribution is -0.142. The maximum absolute atomic E-state index is 11.2. The second kappa shape index (κ2) is 7.00. The van der Waals surface area contributed by atoms with Crippen molar-refractivity contribution in [3.63, 3.8) is 0 Å². The number of hydrogen-bond donors (Lipinski definition) is 1. The van der Waals surface area contributed by atoms with Crippen molar-refractivity contribution in [3.8, 4) is 5.75 Å². The number of nitrogens with zero attached hydrogens (tertiary/aromatic N) is 2. The molecule has 0 aliphatic carbocycles. The molecule has 0 saturated heterocycles. The normalized spacial score (nSPS) is 12.2. The molecule has 0 atom stereocenters. The first kappa shape index (κ1) is 16.6. The topological polar surface area (TPSA) is 86.8 Å². The van der Waals surface area contributed by atoms with Gasteiger partial charge in [0.05, 0.1) is 0 Å². The summed E-state index contributed by atoms with van der Waals surface area (Å²) in [6, 6.07) is 9.16. The minimum absolute atomic E-state index is 0.101. The zero-order valence-corrected chi connectivity index (χ0v) is 13.3. The number of pyridine rings is 1. The number of alkyl halides is 3. The fraction of sp³-hybridized carbons (Fsp3) is 0.154. The summed E-state index contributed by atoms with van der Waals surface area (Å²) in [5.74, 6) is -0.744. The highest BCUT2D eigenvalue weighted by molar-refractivity contribution is 6.75. The summed E-state index contributed by atoms with van der Waals surface area (Å²) >= 11 is 15.9. The molecule has 0 unspecified atom stereocenters. The van der Waals surface area contributed by atoms with Crippen LogP contribution in [-0.4, -0.2) is 27.2 Å².